The second kappa shape index (κ2) is 5.74. The molecule has 1 saturated carbocycles. The maximum atomic E-state index is 9.56. The highest BCUT2D eigenvalue weighted by molar-refractivity contribution is 5.85. The quantitative estimate of drug-likeness (QED) is 0.860. The summed E-state index contributed by atoms with van der Waals surface area (Å²) in [4.78, 5) is 0. The first-order valence-corrected chi connectivity index (χ1v) is 7.64. The van der Waals surface area contributed by atoms with E-state index in [0.717, 1.165) is 35.3 Å². The Morgan fingerprint density at radius 2 is 1.75 bits per heavy atom. The molecule has 0 atom stereocenters. The fourth-order valence-electron chi connectivity index (χ4n) is 3.14. The number of aromatic hydroxyl groups is 1. The Kier molecular flexibility index (Phi) is 3.81. The summed E-state index contributed by atoms with van der Waals surface area (Å²) in [6.07, 6.45) is 6.55. The summed E-state index contributed by atoms with van der Waals surface area (Å²) in [7, 11) is 0. The van der Waals surface area contributed by atoms with Crippen molar-refractivity contribution >= 4 is 10.8 Å². The Labute approximate surface area is 120 Å². The number of fused-ring (bicyclic) bond motifs is 1. The predicted molar refractivity (Wildman–Crippen MR) is 82.3 cm³/mol. The van der Waals surface area contributed by atoms with Crippen molar-refractivity contribution in [1.82, 2.24) is 0 Å². The van der Waals surface area contributed by atoms with Crippen LogP contribution in [-0.4, -0.2) is 11.2 Å². The highest BCUT2D eigenvalue weighted by Crippen LogP contribution is 2.31. The molecule has 1 fully saturated rings. The summed E-state index contributed by atoms with van der Waals surface area (Å²) in [5.74, 6) is 2.12. The van der Waals surface area contributed by atoms with Crippen molar-refractivity contribution < 1.29 is 9.84 Å². The molecule has 2 nitrogen and oxygen atoms in total. The van der Waals surface area contributed by atoms with E-state index in [2.05, 4.69) is 13.0 Å². The molecular weight excluding hydrogens is 248 g/mol. The van der Waals surface area contributed by atoms with Gasteiger partial charge >= 0.3 is 0 Å². The maximum absolute atomic E-state index is 9.56. The van der Waals surface area contributed by atoms with Crippen molar-refractivity contribution in [3.05, 3.63) is 36.4 Å². The van der Waals surface area contributed by atoms with Crippen LogP contribution in [0.4, 0.5) is 0 Å². The molecule has 0 heterocycles. The van der Waals surface area contributed by atoms with Gasteiger partial charge in [0.1, 0.15) is 11.5 Å². The van der Waals surface area contributed by atoms with Crippen LogP contribution in [0, 0.1) is 5.92 Å². The van der Waals surface area contributed by atoms with Gasteiger partial charge in [0.15, 0.2) is 0 Å². The van der Waals surface area contributed by atoms with E-state index in [-0.39, 0.29) is 0 Å². The van der Waals surface area contributed by atoms with Crippen molar-refractivity contribution in [2.75, 3.05) is 0 Å². The average Bonchev–Trinajstić information content (AvgIpc) is 2.47. The van der Waals surface area contributed by atoms with Crippen molar-refractivity contribution in [3.63, 3.8) is 0 Å². The summed E-state index contributed by atoms with van der Waals surface area (Å²) in [6.45, 7) is 2.28. The van der Waals surface area contributed by atoms with Gasteiger partial charge in [-0.3, -0.25) is 0 Å². The molecule has 0 amide bonds. The van der Waals surface area contributed by atoms with Gasteiger partial charge < -0.3 is 9.84 Å². The highest BCUT2D eigenvalue weighted by atomic mass is 16.5. The molecule has 2 aromatic rings. The molecule has 1 aliphatic carbocycles. The topological polar surface area (TPSA) is 29.5 Å². The van der Waals surface area contributed by atoms with E-state index in [1.807, 2.05) is 18.2 Å². The second-order valence-corrected chi connectivity index (χ2v) is 5.86. The smallest absolute Gasteiger partial charge is 0.120 e. The van der Waals surface area contributed by atoms with Gasteiger partial charge in [-0.05, 0) is 66.6 Å². The van der Waals surface area contributed by atoms with Crippen LogP contribution in [0.2, 0.25) is 0 Å². The lowest BCUT2D eigenvalue weighted by atomic mass is 9.86. The Balaban J connectivity index is 1.71. The van der Waals surface area contributed by atoms with Gasteiger partial charge in [-0.1, -0.05) is 25.5 Å². The molecule has 0 saturated heterocycles. The van der Waals surface area contributed by atoms with E-state index in [1.54, 1.807) is 12.1 Å². The van der Waals surface area contributed by atoms with Crippen LogP contribution in [0.1, 0.15) is 39.0 Å². The molecule has 0 spiro atoms. The van der Waals surface area contributed by atoms with Crippen molar-refractivity contribution in [2.45, 2.75) is 45.1 Å². The van der Waals surface area contributed by atoms with Crippen molar-refractivity contribution in [1.29, 1.82) is 0 Å². The fourth-order valence-corrected chi connectivity index (χ4v) is 3.14. The molecule has 0 aliphatic heterocycles. The number of ether oxygens (including phenoxy) is 1. The van der Waals surface area contributed by atoms with Crippen molar-refractivity contribution in [2.24, 2.45) is 5.92 Å². The van der Waals surface area contributed by atoms with Crippen LogP contribution in [0.15, 0.2) is 36.4 Å². The average molecular weight is 270 g/mol. The molecule has 1 N–H and O–H groups in total. The Bertz CT molecular complexity index is 583. The summed E-state index contributed by atoms with van der Waals surface area (Å²) in [5.41, 5.74) is 0. The number of hydrogen-bond donors (Lipinski definition) is 1. The van der Waals surface area contributed by atoms with Crippen LogP contribution in [-0.2, 0) is 0 Å². The molecule has 2 heteroatoms. The van der Waals surface area contributed by atoms with Gasteiger partial charge in [-0.25, -0.2) is 0 Å². The first kappa shape index (κ1) is 13.3. The SMILES string of the molecule is CCC1CCC(Oc2ccc3ccc(O)cc3c2)CC1. The molecule has 106 valence electrons. The van der Waals surface area contributed by atoms with Crippen LogP contribution >= 0.6 is 0 Å². The molecular formula is C18H22O2. The van der Waals surface area contributed by atoms with Gasteiger partial charge in [-0.15, -0.1) is 0 Å². The summed E-state index contributed by atoms with van der Waals surface area (Å²) in [6, 6.07) is 11.6. The van der Waals surface area contributed by atoms with Crippen LogP contribution in [0.3, 0.4) is 0 Å². The molecule has 1 aliphatic rings. The molecule has 3 rings (SSSR count). The number of phenols is 1. The third kappa shape index (κ3) is 2.90. The van der Waals surface area contributed by atoms with Crippen molar-refractivity contribution in [3.8, 4) is 11.5 Å². The zero-order valence-corrected chi connectivity index (χ0v) is 12.0. The maximum Gasteiger partial charge on any atom is 0.120 e. The molecule has 0 radical (unpaired) electrons. The largest absolute Gasteiger partial charge is 0.508 e. The molecule has 0 bridgehead atoms. The zero-order chi connectivity index (χ0) is 13.9. The fraction of sp³-hybridized carbons (Fsp3) is 0.444. The molecule has 0 aromatic heterocycles. The summed E-state index contributed by atoms with van der Waals surface area (Å²) >= 11 is 0. The normalized spacial score (nSPS) is 22.9. The van der Waals surface area contributed by atoms with E-state index >= 15 is 0 Å². The first-order valence-electron chi connectivity index (χ1n) is 7.64. The standard InChI is InChI=1S/C18H22O2/c1-2-13-3-8-17(9-4-13)20-18-10-6-14-5-7-16(19)11-15(14)12-18/h5-7,10-13,17,19H,2-4,8-9H2,1H3. The van der Waals surface area contributed by atoms with Crippen LogP contribution in [0.5, 0.6) is 11.5 Å². The van der Waals surface area contributed by atoms with Gasteiger partial charge in [-0.2, -0.15) is 0 Å². The lowest BCUT2D eigenvalue weighted by Crippen LogP contribution is -2.23. The van der Waals surface area contributed by atoms with E-state index in [4.69, 9.17) is 4.74 Å². The molecule has 20 heavy (non-hydrogen) atoms. The third-order valence-corrected chi connectivity index (χ3v) is 4.47. The Morgan fingerprint density at radius 3 is 2.50 bits per heavy atom. The Morgan fingerprint density at radius 1 is 1.00 bits per heavy atom. The zero-order valence-electron chi connectivity index (χ0n) is 12.0. The van der Waals surface area contributed by atoms with Gasteiger partial charge in [0.25, 0.3) is 0 Å². The predicted octanol–water partition coefficient (Wildman–Crippen LogP) is 4.89. The molecule has 2 aromatic carbocycles. The van der Waals surface area contributed by atoms with Gasteiger partial charge in [0.2, 0.25) is 0 Å². The van der Waals surface area contributed by atoms with Gasteiger partial charge in [0, 0.05) is 0 Å². The number of hydrogen-bond acceptors (Lipinski definition) is 2. The number of rotatable bonds is 3. The van der Waals surface area contributed by atoms with Crippen LogP contribution < -0.4 is 4.74 Å². The monoisotopic (exact) mass is 270 g/mol. The van der Waals surface area contributed by atoms with E-state index in [9.17, 15) is 5.11 Å². The lowest BCUT2D eigenvalue weighted by molar-refractivity contribution is 0.130. The third-order valence-electron chi connectivity index (χ3n) is 4.47. The summed E-state index contributed by atoms with van der Waals surface area (Å²) in [5, 5.41) is 11.7. The van der Waals surface area contributed by atoms with Crippen LogP contribution in [0.25, 0.3) is 10.8 Å². The second-order valence-electron chi connectivity index (χ2n) is 5.86. The number of phenolic OH excluding ortho intramolecular Hbond substituents is 1. The highest BCUT2D eigenvalue weighted by Gasteiger charge is 2.21. The van der Waals surface area contributed by atoms with Gasteiger partial charge in [0.05, 0.1) is 6.10 Å². The minimum absolute atomic E-state index is 0.304. The number of benzene rings is 2. The minimum Gasteiger partial charge on any atom is -0.508 e. The Hall–Kier alpha value is -1.70. The molecule has 0 unspecified atom stereocenters. The first-order chi connectivity index (χ1) is 9.74. The summed E-state index contributed by atoms with van der Waals surface area (Å²) < 4.78 is 6.11. The van der Waals surface area contributed by atoms with E-state index in [0.29, 0.717) is 11.9 Å². The lowest BCUT2D eigenvalue weighted by Gasteiger charge is -2.28. The van der Waals surface area contributed by atoms with E-state index in [1.165, 1.54) is 19.3 Å². The van der Waals surface area contributed by atoms with E-state index < -0.39 is 0 Å². The minimum atomic E-state index is 0.304.